The van der Waals surface area contributed by atoms with Crippen molar-refractivity contribution in [3.05, 3.63) is 34.6 Å². The number of carboxylic acids is 1. The van der Waals surface area contributed by atoms with E-state index in [1.807, 2.05) is 0 Å². The lowest BCUT2D eigenvalue weighted by atomic mass is 9.81. The molecule has 0 unspecified atom stereocenters. The second-order valence-corrected chi connectivity index (χ2v) is 8.24. The average molecular weight is 381 g/mol. The van der Waals surface area contributed by atoms with Crippen LogP contribution in [0.2, 0.25) is 5.02 Å². The van der Waals surface area contributed by atoms with Crippen LogP contribution in [-0.2, 0) is 4.79 Å². The SMILES string of the molecule is O=C(c1ccc(F)cc1Cl)N1C[C@@H]2CN(C3CCCC3)C[C@]2(C(=O)O)C1. The molecule has 140 valence electrons. The van der Waals surface area contributed by atoms with E-state index in [1.165, 1.54) is 25.0 Å². The number of hydrogen-bond donors (Lipinski definition) is 1. The Morgan fingerprint density at radius 3 is 2.54 bits per heavy atom. The van der Waals surface area contributed by atoms with Gasteiger partial charge in [0.15, 0.2) is 0 Å². The van der Waals surface area contributed by atoms with Crippen molar-refractivity contribution in [2.75, 3.05) is 26.2 Å². The first-order valence-electron chi connectivity index (χ1n) is 9.12. The normalized spacial score (nSPS) is 29.3. The van der Waals surface area contributed by atoms with Crippen molar-refractivity contribution in [2.24, 2.45) is 11.3 Å². The minimum atomic E-state index is -0.912. The van der Waals surface area contributed by atoms with E-state index in [0.717, 1.165) is 25.5 Å². The standard InChI is InChI=1S/C19H22ClFN2O3/c20-16-7-13(21)5-6-15(16)17(24)23-9-12-8-22(14-3-1-2-4-14)10-19(12,11-23)18(25)26/h5-7,12,14H,1-4,8-11H2,(H,25,26)/t12-,19-/m0/s1. The lowest BCUT2D eigenvalue weighted by Gasteiger charge is -2.28. The Balaban J connectivity index is 1.54. The topological polar surface area (TPSA) is 60.9 Å². The maximum absolute atomic E-state index is 13.2. The second kappa shape index (κ2) is 6.50. The molecule has 0 spiro atoms. The van der Waals surface area contributed by atoms with Gasteiger partial charge in [-0.25, -0.2) is 4.39 Å². The highest BCUT2D eigenvalue weighted by molar-refractivity contribution is 6.33. The number of aliphatic carboxylic acids is 1. The fraction of sp³-hybridized carbons (Fsp3) is 0.579. The molecule has 1 aromatic carbocycles. The average Bonchev–Trinajstić information content (AvgIpc) is 3.28. The molecule has 1 N–H and O–H groups in total. The number of halogens is 2. The van der Waals surface area contributed by atoms with Crippen LogP contribution in [0.1, 0.15) is 36.0 Å². The lowest BCUT2D eigenvalue weighted by molar-refractivity contribution is -0.148. The van der Waals surface area contributed by atoms with Crippen LogP contribution in [0.4, 0.5) is 4.39 Å². The summed E-state index contributed by atoms with van der Waals surface area (Å²) in [6, 6.07) is 4.16. The third-order valence-electron chi connectivity index (χ3n) is 6.35. The quantitative estimate of drug-likeness (QED) is 0.875. The summed E-state index contributed by atoms with van der Waals surface area (Å²) in [5, 5.41) is 10.0. The Hall–Kier alpha value is -1.66. The van der Waals surface area contributed by atoms with Crippen molar-refractivity contribution in [3.8, 4) is 0 Å². The minimum absolute atomic E-state index is 0.0593. The molecule has 4 rings (SSSR count). The summed E-state index contributed by atoms with van der Waals surface area (Å²) in [6.07, 6.45) is 4.69. The Kier molecular flexibility index (Phi) is 4.43. The number of carboxylic acid groups (broad SMARTS) is 1. The van der Waals surface area contributed by atoms with Gasteiger partial charge in [-0.1, -0.05) is 24.4 Å². The van der Waals surface area contributed by atoms with Crippen LogP contribution in [0, 0.1) is 17.2 Å². The van der Waals surface area contributed by atoms with Crippen molar-refractivity contribution < 1.29 is 19.1 Å². The molecule has 2 aliphatic heterocycles. The van der Waals surface area contributed by atoms with Gasteiger partial charge in [0.1, 0.15) is 11.2 Å². The molecule has 3 fully saturated rings. The molecular formula is C19H22ClFN2O3. The third kappa shape index (κ3) is 2.79. The van der Waals surface area contributed by atoms with Crippen molar-refractivity contribution in [1.29, 1.82) is 0 Å². The second-order valence-electron chi connectivity index (χ2n) is 7.84. The number of benzene rings is 1. The van der Waals surface area contributed by atoms with E-state index in [0.29, 0.717) is 19.1 Å². The minimum Gasteiger partial charge on any atom is -0.481 e. The molecule has 2 saturated heterocycles. The zero-order valence-corrected chi connectivity index (χ0v) is 15.2. The fourth-order valence-electron chi connectivity index (χ4n) is 4.94. The van der Waals surface area contributed by atoms with Crippen LogP contribution < -0.4 is 0 Å². The Morgan fingerprint density at radius 2 is 1.92 bits per heavy atom. The predicted molar refractivity (Wildman–Crippen MR) is 94.7 cm³/mol. The molecule has 3 aliphatic rings. The number of hydrogen-bond acceptors (Lipinski definition) is 3. The number of carbonyl (C=O) groups is 2. The smallest absolute Gasteiger partial charge is 0.313 e. The van der Waals surface area contributed by atoms with E-state index >= 15 is 0 Å². The molecule has 1 aliphatic carbocycles. The summed E-state index contributed by atoms with van der Waals surface area (Å²) >= 11 is 6.02. The molecule has 0 aromatic heterocycles. The molecule has 26 heavy (non-hydrogen) atoms. The predicted octanol–water partition coefficient (Wildman–Crippen LogP) is 2.88. The summed E-state index contributed by atoms with van der Waals surface area (Å²) in [6.45, 7) is 1.81. The molecule has 5 nitrogen and oxygen atoms in total. The number of nitrogens with zero attached hydrogens (tertiary/aromatic N) is 2. The van der Waals surface area contributed by atoms with Crippen molar-refractivity contribution in [3.63, 3.8) is 0 Å². The highest BCUT2D eigenvalue weighted by Crippen LogP contribution is 2.45. The Morgan fingerprint density at radius 1 is 1.19 bits per heavy atom. The summed E-state index contributed by atoms with van der Waals surface area (Å²) in [4.78, 5) is 28.9. The number of rotatable bonds is 3. The third-order valence-corrected chi connectivity index (χ3v) is 6.66. The number of carbonyl (C=O) groups excluding carboxylic acids is 1. The Bertz CT molecular complexity index is 752. The van der Waals surface area contributed by atoms with Gasteiger partial charge in [0.05, 0.1) is 10.6 Å². The number of likely N-dealkylation sites (tertiary alicyclic amines) is 2. The van der Waals surface area contributed by atoms with Crippen molar-refractivity contribution in [1.82, 2.24) is 9.80 Å². The molecule has 0 radical (unpaired) electrons. The lowest BCUT2D eigenvalue weighted by Crippen LogP contribution is -2.43. The summed E-state index contributed by atoms with van der Waals surface area (Å²) < 4.78 is 13.2. The van der Waals surface area contributed by atoms with Gasteiger partial charge in [0.2, 0.25) is 0 Å². The highest BCUT2D eigenvalue weighted by Gasteiger charge is 2.59. The van der Waals surface area contributed by atoms with Gasteiger partial charge < -0.3 is 10.0 Å². The van der Waals surface area contributed by atoms with Gasteiger partial charge in [-0.3, -0.25) is 14.5 Å². The maximum atomic E-state index is 13.2. The van der Waals surface area contributed by atoms with Gasteiger partial charge in [-0.05, 0) is 31.0 Å². The van der Waals surface area contributed by atoms with Gasteiger partial charge in [0.25, 0.3) is 5.91 Å². The van der Waals surface area contributed by atoms with E-state index in [2.05, 4.69) is 4.90 Å². The maximum Gasteiger partial charge on any atom is 0.313 e. The zero-order valence-electron chi connectivity index (χ0n) is 14.5. The molecule has 7 heteroatoms. The molecule has 1 amide bonds. The summed E-state index contributed by atoms with van der Waals surface area (Å²) in [7, 11) is 0. The fourth-order valence-corrected chi connectivity index (χ4v) is 5.19. The van der Waals surface area contributed by atoms with Crippen LogP contribution in [0.25, 0.3) is 0 Å². The first-order valence-corrected chi connectivity index (χ1v) is 9.50. The van der Waals surface area contributed by atoms with E-state index < -0.39 is 17.2 Å². The van der Waals surface area contributed by atoms with Gasteiger partial charge in [-0.15, -0.1) is 0 Å². The van der Waals surface area contributed by atoms with Crippen LogP contribution in [-0.4, -0.2) is 59.0 Å². The molecular weight excluding hydrogens is 359 g/mol. The summed E-state index contributed by atoms with van der Waals surface area (Å²) in [5.74, 6) is -1.73. The molecule has 1 saturated carbocycles. The highest BCUT2D eigenvalue weighted by atomic mass is 35.5. The van der Waals surface area contributed by atoms with E-state index in [4.69, 9.17) is 11.6 Å². The van der Waals surface area contributed by atoms with Gasteiger partial charge in [-0.2, -0.15) is 0 Å². The van der Waals surface area contributed by atoms with Crippen LogP contribution in [0.3, 0.4) is 0 Å². The van der Waals surface area contributed by atoms with Crippen molar-refractivity contribution in [2.45, 2.75) is 31.7 Å². The monoisotopic (exact) mass is 380 g/mol. The molecule has 0 bridgehead atoms. The molecule has 1 aromatic rings. The number of fused-ring (bicyclic) bond motifs is 1. The summed E-state index contributed by atoms with van der Waals surface area (Å²) in [5.41, 5.74) is -0.689. The van der Waals surface area contributed by atoms with Crippen LogP contribution in [0.5, 0.6) is 0 Å². The first-order chi connectivity index (χ1) is 12.4. The van der Waals surface area contributed by atoms with Gasteiger partial charge >= 0.3 is 5.97 Å². The molecule has 2 heterocycles. The van der Waals surface area contributed by atoms with E-state index in [9.17, 15) is 19.1 Å². The van der Waals surface area contributed by atoms with Crippen LogP contribution in [0.15, 0.2) is 18.2 Å². The van der Waals surface area contributed by atoms with E-state index in [-0.39, 0.29) is 29.0 Å². The van der Waals surface area contributed by atoms with Crippen LogP contribution >= 0.6 is 11.6 Å². The zero-order chi connectivity index (χ0) is 18.5. The number of amides is 1. The molecule has 2 atom stereocenters. The largest absolute Gasteiger partial charge is 0.481 e. The van der Waals surface area contributed by atoms with E-state index in [1.54, 1.807) is 4.90 Å². The van der Waals surface area contributed by atoms with Gasteiger partial charge in [0, 0.05) is 38.1 Å². The van der Waals surface area contributed by atoms with Crippen molar-refractivity contribution >= 4 is 23.5 Å². The first kappa shape index (κ1) is 17.7. The Labute approximate surface area is 156 Å².